The lowest BCUT2D eigenvalue weighted by atomic mass is 9.83. The van der Waals surface area contributed by atoms with Crippen molar-refractivity contribution in [3.63, 3.8) is 0 Å². The lowest BCUT2D eigenvalue weighted by Gasteiger charge is -2.39. The maximum absolute atomic E-state index is 14.8. The lowest BCUT2D eigenvalue weighted by Crippen LogP contribution is -2.58. The molecule has 53 heavy (non-hydrogen) atoms. The number of nitrogens with two attached hydrogens (primary N) is 2. The Morgan fingerprint density at radius 3 is 2.43 bits per heavy atom. The summed E-state index contributed by atoms with van der Waals surface area (Å²) in [4.78, 5) is 59.6. The number of amides is 3. The number of aliphatic hydroxyl groups is 3. The zero-order valence-corrected chi connectivity index (χ0v) is 30.6. The average Bonchev–Trinajstić information content (AvgIpc) is 3.65. The Hall–Kier alpha value is -3.83. The van der Waals surface area contributed by atoms with Gasteiger partial charge in [-0.15, -0.1) is 0 Å². The minimum absolute atomic E-state index is 0.0531. The Kier molecular flexibility index (Phi) is 16.3. The van der Waals surface area contributed by atoms with E-state index in [-0.39, 0.29) is 55.8 Å². The highest BCUT2D eigenvalue weighted by Gasteiger charge is 2.52. The fourth-order valence-electron chi connectivity index (χ4n) is 7.64. The fraction of sp³-hybridized carbons (Fsp3) is 0.703. The van der Waals surface area contributed by atoms with Gasteiger partial charge in [-0.25, -0.2) is 0 Å². The molecule has 3 aliphatic rings. The van der Waals surface area contributed by atoms with E-state index in [1.165, 1.54) is 17.0 Å². The molecule has 1 aromatic carbocycles. The van der Waals surface area contributed by atoms with Crippen LogP contribution < -0.4 is 22.1 Å². The summed E-state index contributed by atoms with van der Waals surface area (Å²) in [7, 11) is 0. The van der Waals surface area contributed by atoms with Crippen LogP contribution in [-0.4, -0.2) is 123 Å². The summed E-state index contributed by atoms with van der Waals surface area (Å²) < 4.78 is 11.7. The number of unbranched alkanes of at least 4 members (excludes halogenated alkanes) is 4. The molecule has 7 unspecified atom stereocenters. The number of aliphatic imine (C=N–C) groups is 1. The number of hydrogen-bond donors (Lipinski definition) is 8. The third-order valence-electron chi connectivity index (χ3n) is 10.5. The van der Waals surface area contributed by atoms with E-state index >= 15 is 0 Å². The minimum atomic E-state index is -1.39. The maximum Gasteiger partial charge on any atom is 0.246 e. The van der Waals surface area contributed by atoms with Crippen molar-refractivity contribution in [1.29, 1.82) is 0 Å². The van der Waals surface area contributed by atoms with Gasteiger partial charge in [0, 0.05) is 25.4 Å². The SMILES string of the molecule is CCCCCCCC(=O)N[C@@H](Cc1ccc(O)cc1)C(=O)N1C(C(=O)NC(C=O)CCCN=C(N)N)C[C@@H]2CCC(OC3OC(CO)C(O)C3O)C[C@@H]21. The number of nitrogens with zero attached hydrogens (tertiary/aromatic N) is 2. The number of phenolic OH excluding ortho intramolecular Hbond substituents is 1. The summed E-state index contributed by atoms with van der Waals surface area (Å²) in [5.74, 6) is -1.39. The molecule has 1 aromatic rings. The molecule has 2 aliphatic heterocycles. The van der Waals surface area contributed by atoms with Crippen LogP contribution in [0.25, 0.3) is 0 Å². The lowest BCUT2D eigenvalue weighted by molar-refractivity contribution is -0.202. The average molecular weight is 747 g/mol. The highest BCUT2D eigenvalue weighted by atomic mass is 16.7. The molecule has 2 heterocycles. The number of ether oxygens (including phenoxy) is 2. The van der Waals surface area contributed by atoms with Crippen molar-refractivity contribution in [2.45, 2.75) is 145 Å². The quantitative estimate of drug-likeness (QED) is 0.0383. The van der Waals surface area contributed by atoms with Crippen LogP contribution >= 0.6 is 0 Å². The minimum Gasteiger partial charge on any atom is -0.508 e. The number of carbonyl (C=O) groups excluding carboxylic acids is 4. The predicted octanol–water partition coefficient (Wildman–Crippen LogP) is 0.111. The molecule has 16 heteroatoms. The molecule has 2 saturated heterocycles. The number of carbonyl (C=O) groups is 4. The van der Waals surface area contributed by atoms with Crippen molar-refractivity contribution >= 4 is 30.0 Å². The van der Waals surface area contributed by atoms with Crippen LogP contribution in [0.3, 0.4) is 0 Å². The highest BCUT2D eigenvalue weighted by molar-refractivity contribution is 5.94. The van der Waals surface area contributed by atoms with Crippen LogP contribution in [0.5, 0.6) is 5.75 Å². The molecule has 10 N–H and O–H groups in total. The largest absolute Gasteiger partial charge is 0.508 e. The standard InChI is InChI=1S/C37H58N6O10/c1-2-3-4-5-6-9-31(47)42-27(17-22-10-13-25(46)14-11-22)35(51)43-28-19-26(52-36-33(49)32(48)30(21-45)53-36)15-12-23(28)18-29(43)34(50)41-24(20-44)8-7-16-40-37(38)39/h10-11,13-14,20,23-24,26-30,32-33,36,45-46,48-49H,2-9,12,15-19,21H2,1H3,(H,41,50)(H,42,47)(H4,38,39,40)/t23-,24?,26?,27-,28-,29?,30?,32?,33?,36?/m0/s1. The van der Waals surface area contributed by atoms with Gasteiger partial charge in [-0.3, -0.25) is 19.4 Å². The number of benzene rings is 1. The second kappa shape index (κ2) is 20.6. The Balaban J connectivity index is 1.58. The number of phenols is 1. The molecule has 1 saturated carbocycles. The van der Waals surface area contributed by atoms with Gasteiger partial charge in [-0.05, 0) is 68.6 Å². The van der Waals surface area contributed by atoms with E-state index in [1.807, 2.05) is 0 Å². The first-order valence-electron chi connectivity index (χ1n) is 18.9. The number of hydrogen-bond acceptors (Lipinski definition) is 11. The number of nitrogens with one attached hydrogen (secondary N) is 2. The van der Waals surface area contributed by atoms with E-state index < -0.39 is 73.3 Å². The molecule has 3 amide bonds. The van der Waals surface area contributed by atoms with Gasteiger partial charge in [-0.1, -0.05) is 44.7 Å². The summed E-state index contributed by atoms with van der Waals surface area (Å²) in [6.07, 6.45) is 2.64. The molecule has 4 rings (SSSR count). The molecule has 0 aromatic heterocycles. The molecule has 296 valence electrons. The molecular weight excluding hydrogens is 688 g/mol. The highest BCUT2D eigenvalue weighted by Crippen LogP contribution is 2.42. The van der Waals surface area contributed by atoms with E-state index in [4.69, 9.17) is 20.9 Å². The predicted molar refractivity (Wildman–Crippen MR) is 194 cm³/mol. The second-order valence-corrected chi connectivity index (χ2v) is 14.5. The van der Waals surface area contributed by atoms with E-state index in [0.29, 0.717) is 44.0 Å². The van der Waals surface area contributed by atoms with Crippen molar-refractivity contribution in [2.75, 3.05) is 13.2 Å². The van der Waals surface area contributed by atoms with E-state index in [2.05, 4.69) is 22.5 Å². The van der Waals surface area contributed by atoms with Crippen LogP contribution in [0.2, 0.25) is 0 Å². The summed E-state index contributed by atoms with van der Waals surface area (Å²) in [5.41, 5.74) is 11.5. The van der Waals surface area contributed by atoms with E-state index in [9.17, 15) is 39.6 Å². The van der Waals surface area contributed by atoms with Gasteiger partial charge in [0.2, 0.25) is 17.7 Å². The third kappa shape index (κ3) is 11.8. The Morgan fingerprint density at radius 2 is 1.77 bits per heavy atom. The van der Waals surface area contributed by atoms with Crippen molar-refractivity contribution in [2.24, 2.45) is 22.4 Å². The van der Waals surface area contributed by atoms with Gasteiger partial charge in [0.05, 0.1) is 18.8 Å². The van der Waals surface area contributed by atoms with Crippen LogP contribution in [-0.2, 0) is 35.1 Å². The molecule has 3 fully saturated rings. The van der Waals surface area contributed by atoms with Gasteiger partial charge in [0.25, 0.3) is 0 Å². The first kappa shape index (κ1) is 41.9. The first-order valence-corrected chi connectivity index (χ1v) is 18.9. The molecule has 0 bridgehead atoms. The van der Waals surface area contributed by atoms with Crippen molar-refractivity contribution in [3.05, 3.63) is 29.8 Å². The Bertz CT molecular complexity index is 1380. The zero-order chi connectivity index (χ0) is 38.5. The Labute approximate surface area is 310 Å². The Morgan fingerprint density at radius 1 is 1.04 bits per heavy atom. The molecule has 0 spiro atoms. The summed E-state index contributed by atoms with van der Waals surface area (Å²) in [5, 5.41) is 46.0. The topological polar surface area (TPSA) is 259 Å². The number of likely N-dealkylation sites (tertiary alicyclic amines) is 1. The fourth-order valence-corrected chi connectivity index (χ4v) is 7.64. The third-order valence-corrected chi connectivity index (χ3v) is 10.5. The van der Waals surface area contributed by atoms with Crippen molar-refractivity contribution in [1.82, 2.24) is 15.5 Å². The summed E-state index contributed by atoms with van der Waals surface area (Å²) in [6.45, 7) is 1.88. The number of aldehydes is 1. The van der Waals surface area contributed by atoms with Gasteiger partial charge >= 0.3 is 0 Å². The molecule has 10 atom stereocenters. The number of aromatic hydroxyl groups is 1. The summed E-state index contributed by atoms with van der Waals surface area (Å²) in [6, 6.07) is 3.00. The van der Waals surface area contributed by atoms with Gasteiger partial charge in [-0.2, -0.15) is 0 Å². The van der Waals surface area contributed by atoms with Crippen LogP contribution in [0.1, 0.15) is 89.5 Å². The first-order chi connectivity index (χ1) is 25.4. The number of fused-ring (bicyclic) bond motifs is 1. The normalized spacial score (nSPS) is 27.7. The van der Waals surface area contributed by atoms with Crippen LogP contribution in [0.15, 0.2) is 29.3 Å². The number of aliphatic hydroxyl groups excluding tert-OH is 3. The molecule has 1 aliphatic carbocycles. The van der Waals surface area contributed by atoms with Gasteiger partial charge in [0.15, 0.2) is 12.2 Å². The number of guanidine groups is 1. The van der Waals surface area contributed by atoms with Crippen molar-refractivity contribution < 1.29 is 49.1 Å². The molecule has 16 nitrogen and oxygen atoms in total. The maximum atomic E-state index is 14.8. The van der Waals surface area contributed by atoms with E-state index in [1.54, 1.807) is 12.1 Å². The van der Waals surface area contributed by atoms with Gasteiger partial charge < -0.3 is 61.7 Å². The summed E-state index contributed by atoms with van der Waals surface area (Å²) >= 11 is 0. The van der Waals surface area contributed by atoms with Gasteiger partial charge in [0.1, 0.15) is 42.4 Å². The number of rotatable bonds is 20. The zero-order valence-electron chi connectivity index (χ0n) is 30.6. The monoisotopic (exact) mass is 746 g/mol. The second-order valence-electron chi connectivity index (χ2n) is 14.5. The van der Waals surface area contributed by atoms with Crippen LogP contribution in [0.4, 0.5) is 0 Å². The van der Waals surface area contributed by atoms with E-state index in [0.717, 1.165) is 25.7 Å². The van der Waals surface area contributed by atoms with Crippen molar-refractivity contribution in [3.8, 4) is 5.75 Å². The van der Waals surface area contributed by atoms with Crippen LogP contribution in [0, 0.1) is 5.92 Å². The molecule has 0 radical (unpaired) electrons. The smallest absolute Gasteiger partial charge is 0.246 e. The molecular formula is C37H58N6O10.